The Hall–Kier alpha value is -4.80. The van der Waals surface area contributed by atoms with Crippen LogP contribution in [-0.4, -0.2) is 374 Å². The van der Waals surface area contributed by atoms with Crippen molar-refractivity contribution in [2.75, 3.05) is 277 Å². The molecule has 0 aromatic carbocycles. The van der Waals surface area contributed by atoms with Crippen LogP contribution >= 0.6 is 0 Å². The van der Waals surface area contributed by atoms with Gasteiger partial charge in [0.2, 0.25) is 0 Å². The van der Waals surface area contributed by atoms with Gasteiger partial charge in [-0.3, -0.25) is 38.4 Å². The Morgan fingerprint density at radius 3 is 0.823 bits per heavy atom. The fourth-order valence-corrected chi connectivity index (χ4v) is 12.6. The Balaban J connectivity index is 0.000000869. The third kappa shape index (κ3) is 70.0. The van der Waals surface area contributed by atoms with Gasteiger partial charge in [0, 0.05) is 131 Å². The zero-order chi connectivity index (χ0) is 82.5. The number of carbonyl (C=O) groups is 8. The van der Waals surface area contributed by atoms with Crippen molar-refractivity contribution in [3.63, 3.8) is 0 Å². The number of hydrogen-bond acceptors (Lipinski definition) is 30. The van der Waals surface area contributed by atoms with E-state index in [0.29, 0.717) is 123 Å². The largest absolute Gasteiger partial charge is 0.466 e. The Labute approximate surface area is 682 Å². The van der Waals surface area contributed by atoms with Crippen LogP contribution in [0.4, 0.5) is 0 Å². The summed E-state index contributed by atoms with van der Waals surface area (Å²) in [5.41, 5.74) is 0. The summed E-state index contributed by atoms with van der Waals surface area (Å²) in [6, 6.07) is 0. The first kappa shape index (κ1) is 106. The quantitative estimate of drug-likeness (QED) is 0.0240. The smallest absolute Gasteiger partial charge is 0.307 e. The van der Waals surface area contributed by atoms with Gasteiger partial charge in [-0.2, -0.15) is 0 Å². The standard InChI is InChI=1S/C32H60N4O9.C32H59N3O9.C10H23N3.C9H20N2/c1-3-29(38)42-25-9-27-44-31(40)12-18-35(16-6-4-5-7-24-37)19-13-32(41)45-28-10-26-43-30(39)11-15-33-14-8-17-36-22-20-34(2)21-23-36;1-2-29(37)41-25-8-9-27-43-31(39)14-22-35(18-4-3-7-24-36)23-15-32(40)44-28-11-10-26-42-30(38)13-17-33-16-12-21-34-19-5-6-20-34;1-3-11-5-4-6-13-9-7-12(2)8-10-13;1-2-10-6-5-9-11-7-3-4-8-11/h33,37H,3-28H2,1-2H3;33,36H,2-28H2,1H3;11H,3-10H2,1-2H3;10H,2-9H2,1H3. The molecule has 4 heterocycles. The molecule has 4 fully saturated rings. The lowest BCUT2D eigenvalue weighted by molar-refractivity contribution is -0.147. The molecule has 0 unspecified atom stereocenters. The van der Waals surface area contributed by atoms with Crippen LogP contribution in [0.3, 0.4) is 0 Å². The highest BCUT2D eigenvalue weighted by Gasteiger charge is 2.19. The number of ether oxygens (including phenoxy) is 8. The van der Waals surface area contributed by atoms with Gasteiger partial charge >= 0.3 is 47.8 Å². The van der Waals surface area contributed by atoms with Crippen molar-refractivity contribution in [1.29, 1.82) is 0 Å². The highest BCUT2D eigenvalue weighted by molar-refractivity contribution is 5.72. The molecule has 0 spiro atoms. The topological polar surface area (TPSA) is 325 Å². The van der Waals surface area contributed by atoms with Crippen LogP contribution in [0.5, 0.6) is 0 Å². The minimum absolute atomic E-state index is 0.145. The van der Waals surface area contributed by atoms with Crippen molar-refractivity contribution in [2.45, 2.75) is 214 Å². The van der Waals surface area contributed by atoms with Gasteiger partial charge in [0.1, 0.15) is 0 Å². The fourth-order valence-electron chi connectivity index (χ4n) is 12.6. The number of likely N-dealkylation sites (tertiary alicyclic amines) is 2. The van der Waals surface area contributed by atoms with Crippen LogP contribution in [-0.2, 0) is 76.3 Å². The first-order valence-electron chi connectivity index (χ1n) is 44.0. The zero-order valence-electron chi connectivity index (χ0n) is 71.8. The van der Waals surface area contributed by atoms with Gasteiger partial charge < -0.3 is 109 Å². The molecular formula is C83H162N12O18. The van der Waals surface area contributed by atoms with Crippen molar-refractivity contribution < 1.29 is 86.5 Å². The minimum Gasteiger partial charge on any atom is -0.466 e. The monoisotopic (exact) mass is 1620 g/mol. The van der Waals surface area contributed by atoms with Gasteiger partial charge in [-0.25, -0.2) is 0 Å². The summed E-state index contributed by atoms with van der Waals surface area (Å²) in [5.74, 6) is -2.27. The second kappa shape index (κ2) is 78.4. The fraction of sp³-hybridized carbons (Fsp3) is 0.904. The van der Waals surface area contributed by atoms with Gasteiger partial charge in [-0.05, 0) is 228 Å². The number of likely N-dealkylation sites (N-methyl/N-ethyl adjacent to an activating group) is 2. The number of rotatable bonds is 67. The lowest BCUT2D eigenvalue weighted by atomic mass is 10.2. The lowest BCUT2D eigenvalue weighted by Crippen LogP contribution is -2.45. The Morgan fingerprint density at radius 2 is 0.531 bits per heavy atom. The minimum atomic E-state index is -0.337. The molecule has 0 aromatic rings. The summed E-state index contributed by atoms with van der Waals surface area (Å²) < 4.78 is 41.6. The third-order valence-corrected chi connectivity index (χ3v) is 19.8. The number of nitrogens with zero attached hydrogens (tertiary/aromatic N) is 8. The molecule has 0 amide bonds. The van der Waals surface area contributed by atoms with E-state index in [9.17, 15) is 38.4 Å². The molecule has 662 valence electrons. The molecule has 4 aliphatic rings. The summed E-state index contributed by atoms with van der Waals surface area (Å²) in [4.78, 5) is 114. The average Bonchev–Trinajstić information content (AvgIpc) is 1.73. The van der Waals surface area contributed by atoms with E-state index in [-0.39, 0.29) is 126 Å². The van der Waals surface area contributed by atoms with Gasteiger partial charge in [-0.1, -0.05) is 40.5 Å². The summed E-state index contributed by atoms with van der Waals surface area (Å²) in [6.45, 7) is 40.2. The van der Waals surface area contributed by atoms with E-state index < -0.39 is 0 Å². The highest BCUT2D eigenvalue weighted by Crippen LogP contribution is 2.11. The first-order chi connectivity index (χ1) is 55.0. The normalized spacial score (nSPS) is 15.0. The Kier molecular flexibility index (Phi) is 73.7. The zero-order valence-corrected chi connectivity index (χ0v) is 71.8. The predicted molar refractivity (Wildman–Crippen MR) is 444 cm³/mol. The summed E-state index contributed by atoms with van der Waals surface area (Å²) in [6.07, 6.45) is 21.7. The molecule has 0 atom stereocenters. The summed E-state index contributed by atoms with van der Waals surface area (Å²) >= 11 is 0. The molecule has 0 bridgehead atoms. The molecule has 0 saturated carbocycles. The van der Waals surface area contributed by atoms with Crippen LogP contribution < -0.4 is 21.3 Å². The van der Waals surface area contributed by atoms with E-state index in [1.165, 1.54) is 117 Å². The van der Waals surface area contributed by atoms with E-state index >= 15 is 0 Å². The molecule has 0 aromatic heterocycles. The number of esters is 8. The van der Waals surface area contributed by atoms with Gasteiger partial charge in [0.15, 0.2) is 0 Å². The average molecular weight is 1620 g/mol. The van der Waals surface area contributed by atoms with Crippen molar-refractivity contribution in [1.82, 2.24) is 60.5 Å². The maximum Gasteiger partial charge on any atom is 0.307 e. The van der Waals surface area contributed by atoms with Crippen molar-refractivity contribution >= 4 is 47.8 Å². The molecule has 0 radical (unpaired) electrons. The van der Waals surface area contributed by atoms with Crippen LogP contribution in [0.1, 0.15) is 214 Å². The number of carbonyl (C=O) groups excluding carboxylic acids is 8. The van der Waals surface area contributed by atoms with Crippen LogP contribution in [0, 0.1) is 0 Å². The molecule has 30 heteroatoms. The second-order valence-electron chi connectivity index (χ2n) is 29.7. The van der Waals surface area contributed by atoms with E-state index in [4.69, 9.17) is 48.1 Å². The molecule has 4 saturated heterocycles. The molecule has 4 aliphatic heterocycles. The van der Waals surface area contributed by atoms with E-state index in [1.807, 2.05) is 9.80 Å². The molecule has 113 heavy (non-hydrogen) atoms. The van der Waals surface area contributed by atoms with Crippen molar-refractivity contribution in [2.24, 2.45) is 0 Å². The Morgan fingerprint density at radius 1 is 0.274 bits per heavy atom. The third-order valence-electron chi connectivity index (χ3n) is 19.8. The first-order valence-corrected chi connectivity index (χ1v) is 44.0. The number of aliphatic hydroxyl groups is 2. The summed E-state index contributed by atoms with van der Waals surface area (Å²) in [5, 5.41) is 31.3. The lowest BCUT2D eigenvalue weighted by Gasteiger charge is -2.32. The molecular weight excluding hydrogens is 1450 g/mol. The van der Waals surface area contributed by atoms with Crippen LogP contribution in [0.2, 0.25) is 0 Å². The van der Waals surface area contributed by atoms with Crippen molar-refractivity contribution in [3.8, 4) is 0 Å². The second-order valence-corrected chi connectivity index (χ2v) is 29.7. The molecule has 0 aliphatic carbocycles. The van der Waals surface area contributed by atoms with E-state index in [2.05, 4.69) is 78.6 Å². The number of aliphatic hydroxyl groups excluding tert-OH is 2. The maximum atomic E-state index is 12.3. The highest BCUT2D eigenvalue weighted by atomic mass is 16.6. The number of unbranched alkanes of at least 4 members (excludes halogenated alkanes) is 7. The SMILES string of the molecule is CCC(=O)OCCCCOC(=O)CCN(CCCCCO)CCC(=O)OCCCCOC(=O)CCNCCCN1CCCC1.CCC(=O)OCCCOC(=O)CCN(CCCCCCO)CCC(=O)OCCCOC(=O)CCNCCCN1CCN(C)CC1.CCNCCCN1CCCC1.CCNCCCN1CCN(C)CC1. The molecule has 6 N–H and O–H groups in total. The van der Waals surface area contributed by atoms with E-state index in [1.54, 1.807) is 13.8 Å². The van der Waals surface area contributed by atoms with Crippen LogP contribution in [0.15, 0.2) is 0 Å². The Bertz CT molecular complexity index is 2280. The predicted octanol–water partition coefficient (Wildman–Crippen LogP) is 5.76. The number of piperazine rings is 2. The summed E-state index contributed by atoms with van der Waals surface area (Å²) in [7, 11) is 4.36. The van der Waals surface area contributed by atoms with E-state index in [0.717, 1.165) is 130 Å². The number of nitrogens with one attached hydrogen (secondary N) is 4. The molecule has 4 rings (SSSR count). The van der Waals surface area contributed by atoms with Gasteiger partial charge in [-0.15, -0.1) is 0 Å². The molecule has 30 nitrogen and oxygen atoms in total. The van der Waals surface area contributed by atoms with Gasteiger partial charge in [0.25, 0.3) is 0 Å². The van der Waals surface area contributed by atoms with Crippen LogP contribution in [0.25, 0.3) is 0 Å². The van der Waals surface area contributed by atoms with Gasteiger partial charge in [0.05, 0.1) is 91.4 Å². The maximum absolute atomic E-state index is 12.3. The number of hydrogen-bond donors (Lipinski definition) is 6. The van der Waals surface area contributed by atoms with Crippen molar-refractivity contribution in [3.05, 3.63) is 0 Å².